The molecule has 0 aromatic heterocycles. The molecule has 22 heavy (non-hydrogen) atoms. The molecule has 0 spiro atoms. The summed E-state index contributed by atoms with van der Waals surface area (Å²) in [5.74, 6) is 0. The van der Waals surface area contributed by atoms with Crippen molar-refractivity contribution in [1.82, 2.24) is 0 Å². The zero-order chi connectivity index (χ0) is 16.5. The minimum Gasteiger partial charge on any atom is -0.267 e. The van der Waals surface area contributed by atoms with Crippen molar-refractivity contribution < 1.29 is 8.42 Å². The predicted octanol–water partition coefficient (Wildman–Crippen LogP) is 4.59. The van der Waals surface area contributed by atoms with Gasteiger partial charge in [-0.25, -0.2) is 8.42 Å². The van der Waals surface area contributed by atoms with Crippen molar-refractivity contribution in [1.29, 1.82) is 0 Å². The maximum atomic E-state index is 13.1. The molecule has 0 fully saturated rings. The molecule has 0 amide bonds. The molecule has 0 aliphatic carbocycles. The fourth-order valence-electron chi connectivity index (χ4n) is 2.43. The van der Waals surface area contributed by atoms with Crippen molar-refractivity contribution >= 4 is 31.6 Å². The van der Waals surface area contributed by atoms with E-state index < -0.39 is 10.0 Å². The first kappa shape index (κ1) is 17.0. The quantitative estimate of drug-likeness (QED) is 0.776. The largest absolute Gasteiger partial charge is 0.267 e. The van der Waals surface area contributed by atoms with Crippen LogP contribution in [0.5, 0.6) is 0 Å². The van der Waals surface area contributed by atoms with Crippen molar-refractivity contribution in [3.8, 4) is 0 Å². The lowest BCUT2D eigenvalue weighted by atomic mass is 10.2. The van der Waals surface area contributed by atoms with Gasteiger partial charge in [-0.1, -0.05) is 28.1 Å². The van der Waals surface area contributed by atoms with E-state index in [-0.39, 0.29) is 0 Å². The van der Waals surface area contributed by atoms with Crippen LogP contribution < -0.4 is 4.31 Å². The van der Waals surface area contributed by atoms with Crippen molar-refractivity contribution in [2.45, 2.75) is 32.6 Å². The minimum absolute atomic E-state index is 0.358. The third kappa shape index (κ3) is 3.20. The van der Waals surface area contributed by atoms with Crippen LogP contribution >= 0.6 is 15.9 Å². The number of halogens is 1. The van der Waals surface area contributed by atoms with Crippen LogP contribution in [0.2, 0.25) is 0 Å². The van der Waals surface area contributed by atoms with Gasteiger partial charge in [-0.2, -0.15) is 0 Å². The van der Waals surface area contributed by atoms with E-state index in [9.17, 15) is 8.42 Å². The Bertz CT molecular complexity index is 800. The van der Waals surface area contributed by atoms with Crippen molar-refractivity contribution in [2.24, 2.45) is 0 Å². The normalized spacial score (nSPS) is 11.5. The second-order valence-corrected chi connectivity index (χ2v) is 8.06. The number of nitrogens with zero attached hydrogens (tertiary/aromatic N) is 1. The third-order valence-electron chi connectivity index (χ3n) is 3.60. The number of hydrogen-bond donors (Lipinski definition) is 0. The number of sulfonamides is 1. The van der Waals surface area contributed by atoms with Gasteiger partial charge in [0.1, 0.15) is 0 Å². The fraction of sp³-hybridized carbons (Fsp3) is 0.294. The second-order valence-electron chi connectivity index (χ2n) is 5.38. The summed E-state index contributed by atoms with van der Waals surface area (Å²) in [6, 6.07) is 11.1. The molecule has 2 rings (SSSR count). The van der Waals surface area contributed by atoms with Crippen LogP contribution in [-0.4, -0.2) is 15.0 Å². The highest BCUT2D eigenvalue weighted by Gasteiger charge is 2.26. The molecule has 5 heteroatoms. The maximum Gasteiger partial charge on any atom is 0.264 e. The molecule has 2 aromatic rings. The summed E-state index contributed by atoms with van der Waals surface area (Å²) in [6.07, 6.45) is 0. The van der Waals surface area contributed by atoms with Crippen molar-refractivity contribution in [2.75, 3.05) is 10.8 Å². The van der Waals surface area contributed by atoms with E-state index in [0.29, 0.717) is 17.1 Å². The summed E-state index contributed by atoms with van der Waals surface area (Å²) in [5, 5.41) is 0. The zero-order valence-electron chi connectivity index (χ0n) is 13.2. The average Bonchev–Trinajstić information content (AvgIpc) is 2.43. The maximum absolute atomic E-state index is 13.1. The first-order chi connectivity index (χ1) is 10.3. The fourth-order valence-corrected chi connectivity index (χ4v) is 4.64. The lowest BCUT2D eigenvalue weighted by Crippen LogP contribution is -2.31. The molecule has 3 nitrogen and oxygen atoms in total. The number of benzene rings is 2. The highest BCUT2D eigenvalue weighted by Crippen LogP contribution is 2.29. The molecule has 0 heterocycles. The zero-order valence-corrected chi connectivity index (χ0v) is 15.6. The molecule has 0 N–H and O–H groups in total. The summed E-state index contributed by atoms with van der Waals surface area (Å²) in [6.45, 7) is 7.91. The van der Waals surface area contributed by atoms with E-state index in [4.69, 9.17) is 0 Å². The molecule has 0 saturated heterocycles. The van der Waals surface area contributed by atoms with Gasteiger partial charge in [0.05, 0.1) is 10.6 Å². The SMILES string of the molecule is CCN(c1cccc(C)c1)S(=O)(=O)c1cc(C)c(Br)cc1C. The van der Waals surface area contributed by atoms with Crippen LogP contribution in [0.1, 0.15) is 23.6 Å². The molecule has 0 radical (unpaired) electrons. The van der Waals surface area contributed by atoms with Crippen LogP contribution in [0, 0.1) is 20.8 Å². The molecular weight excluding hydrogens is 362 g/mol. The molecular formula is C17H20BrNO2S. The smallest absolute Gasteiger partial charge is 0.264 e. The van der Waals surface area contributed by atoms with E-state index in [1.165, 1.54) is 4.31 Å². The van der Waals surface area contributed by atoms with Crippen LogP contribution in [0.4, 0.5) is 5.69 Å². The molecule has 0 aliphatic heterocycles. The van der Waals surface area contributed by atoms with Gasteiger partial charge in [-0.05, 0) is 68.7 Å². The van der Waals surface area contributed by atoms with E-state index in [0.717, 1.165) is 21.2 Å². The highest BCUT2D eigenvalue weighted by atomic mass is 79.9. The standard InChI is InChI=1S/C17H20BrNO2S/c1-5-19(15-8-6-7-12(2)9-15)22(20,21)17-11-13(3)16(18)10-14(17)4/h6-11H,5H2,1-4H3. The Labute approximate surface area is 141 Å². The molecule has 0 aliphatic rings. The molecule has 0 unspecified atom stereocenters. The Kier molecular flexibility index (Phi) is 4.97. The Morgan fingerprint density at radius 2 is 1.73 bits per heavy atom. The van der Waals surface area contributed by atoms with Crippen molar-refractivity contribution in [3.05, 3.63) is 57.6 Å². The highest BCUT2D eigenvalue weighted by molar-refractivity contribution is 9.10. The van der Waals surface area contributed by atoms with Crippen LogP contribution in [-0.2, 0) is 10.0 Å². The van der Waals surface area contributed by atoms with E-state index in [1.807, 2.05) is 58.0 Å². The van der Waals surface area contributed by atoms with Gasteiger partial charge in [-0.15, -0.1) is 0 Å². The van der Waals surface area contributed by atoms with Gasteiger partial charge in [0, 0.05) is 11.0 Å². The number of rotatable bonds is 4. The summed E-state index contributed by atoms with van der Waals surface area (Å²) in [5.41, 5.74) is 3.38. The van der Waals surface area contributed by atoms with Gasteiger partial charge in [0.2, 0.25) is 0 Å². The predicted molar refractivity (Wildman–Crippen MR) is 95.0 cm³/mol. The van der Waals surface area contributed by atoms with Gasteiger partial charge >= 0.3 is 0 Å². The molecule has 0 bridgehead atoms. The Morgan fingerprint density at radius 3 is 2.32 bits per heavy atom. The van der Waals surface area contributed by atoms with Gasteiger partial charge < -0.3 is 0 Å². The van der Waals surface area contributed by atoms with Crippen LogP contribution in [0.15, 0.2) is 45.8 Å². The average molecular weight is 382 g/mol. The second kappa shape index (κ2) is 6.42. The Balaban J connectivity index is 2.59. The first-order valence-electron chi connectivity index (χ1n) is 7.13. The Hall–Kier alpha value is -1.33. The number of aryl methyl sites for hydroxylation is 3. The van der Waals surface area contributed by atoms with E-state index in [2.05, 4.69) is 15.9 Å². The molecule has 2 aromatic carbocycles. The molecule has 118 valence electrons. The van der Waals surface area contributed by atoms with E-state index >= 15 is 0 Å². The Morgan fingerprint density at radius 1 is 1.05 bits per heavy atom. The summed E-state index contributed by atoms with van der Waals surface area (Å²) in [4.78, 5) is 0.358. The van der Waals surface area contributed by atoms with Crippen LogP contribution in [0.3, 0.4) is 0 Å². The third-order valence-corrected chi connectivity index (χ3v) is 6.50. The monoisotopic (exact) mass is 381 g/mol. The summed E-state index contributed by atoms with van der Waals surface area (Å²) < 4.78 is 28.5. The first-order valence-corrected chi connectivity index (χ1v) is 9.37. The van der Waals surface area contributed by atoms with Gasteiger partial charge in [-0.3, -0.25) is 4.31 Å². The minimum atomic E-state index is -3.58. The number of hydrogen-bond acceptors (Lipinski definition) is 2. The van der Waals surface area contributed by atoms with Crippen molar-refractivity contribution in [3.63, 3.8) is 0 Å². The van der Waals surface area contributed by atoms with Crippen LogP contribution in [0.25, 0.3) is 0 Å². The summed E-state index contributed by atoms with van der Waals surface area (Å²) >= 11 is 3.45. The molecule has 0 atom stereocenters. The lowest BCUT2D eigenvalue weighted by molar-refractivity contribution is 0.591. The van der Waals surface area contributed by atoms with Gasteiger partial charge in [0.15, 0.2) is 0 Å². The van der Waals surface area contributed by atoms with E-state index in [1.54, 1.807) is 6.07 Å². The topological polar surface area (TPSA) is 37.4 Å². The van der Waals surface area contributed by atoms with Gasteiger partial charge in [0.25, 0.3) is 10.0 Å². The molecule has 0 saturated carbocycles. The lowest BCUT2D eigenvalue weighted by Gasteiger charge is -2.24. The number of anilines is 1. The summed E-state index contributed by atoms with van der Waals surface area (Å²) in [7, 11) is -3.58.